The van der Waals surface area contributed by atoms with Crippen LogP contribution in [0.4, 0.5) is 0 Å². The van der Waals surface area contributed by atoms with Crippen LogP contribution >= 0.6 is 24.0 Å². The fourth-order valence-corrected chi connectivity index (χ4v) is 4.84. The van der Waals surface area contributed by atoms with E-state index in [9.17, 15) is 8.42 Å². The molecule has 0 amide bonds. The van der Waals surface area contributed by atoms with Crippen LogP contribution in [0.25, 0.3) is 0 Å². The van der Waals surface area contributed by atoms with Crippen LogP contribution in [0.5, 0.6) is 0 Å². The summed E-state index contributed by atoms with van der Waals surface area (Å²) >= 11 is 0. The van der Waals surface area contributed by atoms with Crippen molar-refractivity contribution in [1.29, 1.82) is 0 Å². The van der Waals surface area contributed by atoms with Gasteiger partial charge in [-0.05, 0) is 49.3 Å². The summed E-state index contributed by atoms with van der Waals surface area (Å²) in [4.78, 5) is 4.58. The van der Waals surface area contributed by atoms with Crippen LogP contribution in [0, 0.1) is 5.92 Å². The van der Waals surface area contributed by atoms with Crippen molar-refractivity contribution in [2.75, 3.05) is 27.3 Å². The molecule has 0 bridgehead atoms. The van der Waals surface area contributed by atoms with E-state index in [1.165, 1.54) is 38.5 Å². The molecule has 0 unspecified atom stereocenters. The number of rotatable bonds is 10. The van der Waals surface area contributed by atoms with Crippen LogP contribution in [0.2, 0.25) is 0 Å². The van der Waals surface area contributed by atoms with Gasteiger partial charge in [0.1, 0.15) is 0 Å². The lowest BCUT2D eigenvalue weighted by Crippen LogP contribution is -2.44. The van der Waals surface area contributed by atoms with Crippen LogP contribution in [-0.4, -0.2) is 47.7 Å². The van der Waals surface area contributed by atoms with E-state index in [-0.39, 0.29) is 35.4 Å². The molecule has 7 nitrogen and oxygen atoms in total. The maximum Gasteiger partial charge on any atom is 0.240 e. The molecule has 0 atom stereocenters. The molecule has 0 spiro atoms. The topological polar surface area (TPSA) is 91.8 Å². The molecule has 1 aliphatic rings. The van der Waals surface area contributed by atoms with Gasteiger partial charge in [0.2, 0.25) is 10.0 Å². The van der Waals surface area contributed by atoms with Crippen molar-refractivity contribution in [2.24, 2.45) is 10.9 Å². The molecule has 30 heavy (non-hydrogen) atoms. The Bertz CT molecular complexity index is 750. The van der Waals surface area contributed by atoms with E-state index in [1.807, 2.05) is 6.07 Å². The van der Waals surface area contributed by atoms with Crippen molar-refractivity contribution >= 4 is 40.0 Å². The summed E-state index contributed by atoms with van der Waals surface area (Å²) in [5.74, 6) is 1.63. The highest BCUT2D eigenvalue weighted by Crippen LogP contribution is 2.27. The number of hydrogen-bond donors (Lipinski definition) is 3. The van der Waals surface area contributed by atoms with Gasteiger partial charge >= 0.3 is 0 Å². The van der Waals surface area contributed by atoms with Crippen molar-refractivity contribution in [3.8, 4) is 0 Å². The van der Waals surface area contributed by atoms with Crippen molar-refractivity contribution in [3.63, 3.8) is 0 Å². The molecule has 0 radical (unpaired) electrons. The van der Waals surface area contributed by atoms with E-state index < -0.39 is 10.0 Å². The maximum absolute atomic E-state index is 12.4. The quantitative estimate of drug-likeness (QED) is 0.180. The summed E-state index contributed by atoms with van der Waals surface area (Å²) in [6, 6.07) is 7.40. The zero-order valence-electron chi connectivity index (χ0n) is 18.3. The minimum atomic E-state index is -3.54. The maximum atomic E-state index is 12.4. The minimum absolute atomic E-state index is 0. The summed E-state index contributed by atoms with van der Waals surface area (Å²) < 4.78 is 32.2. The van der Waals surface area contributed by atoms with Crippen molar-refractivity contribution in [2.45, 2.75) is 62.9 Å². The summed E-state index contributed by atoms with van der Waals surface area (Å²) in [6.07, 6.45) is 7.50. The Morgan fingerprint density at radius 3 is 2.60 bits per heavy atom. The highest BCUT2D eigenvalue weighted by molar-refractivity contribution is 14.0. The van der Waals surface area contributed by atoms with Crippen LogP contribution in [0.3, 0.4) is 0 Å². The zero-order chi connectivity index (χ0) is 21.1. The molecule has 1 aromatic carbocycles. The predicted octanol–water partition coefficient (Wildman–Crippen LogP) is 3.25. The van der Waals surface area contributed by atoms with Crippen LogP contribution in [-0.2, 0) is 21.3 Å². The number of halogens is 1. The first-order valence-electron chi connectivity index (χ1n) is 10.5. The molecule has 0 aromatic heterocycles. The molecule has 172 valence electrons. The fourth-order valence-electron chi connectivity index (χ4n) is 3.76. The van der Waals surface area contributed by atoms with E-state index in [1.54, 1.807) is 32.4 Å². The molecule has 0 aliphatic heterocycles. The number of guanidine groups is 1. The number of ether oxygens (including phenoxy) is 1. The van der Waals surface area contributed by atoms with Crippen LogP contribution < -0.4 is 15.4 Å². The van der Waals surface area contributed by atoms with Gasteiger partial charge in [0.25, 0.3) is 0 Å². The Labute approximate surface area is 198 Å². The molecule has 2 rings (SSSR count). The number of sulfonamides is 1. The standard InChI is InChI=1S/C21H36N4O3S.HI/c1-4-6-17-9-11-19(12-10-17)25-21(22-2)23-16-18-7-5-8-20(15-18)29(26,27)24-13-14-28-3;/h5,7-8,15,17,19,24H,4,6,9-14,16H2,1-3H3,(H2,22,23,25);1H. The monoisotopic (exact) mass is 552 g/mol. The Morgan fingerprint density at radius 2 is 1.97 bits per heavy atom. The number of benzene rings is 1. The lowest BCUT2D eigenvalue weighted by atomic mass is 9.83. The number of nitrogens with one attached hydrogen (secondary N) is 3. The highest BCUT2D eigenvalue weighted by atomic mass is 127. The van der Waals surface area contributed by atoms with Gasteiger partial charge in [-0.1, -0.05) is 31.9 Å². The molecule has 1 saturated carbocycles. The molecule has 0 saturated heterocycles. The molecule has 1 aromatic rings. The third-order valence-electron chi connectivity index (χ3n) is 5.38. The molecule has 1 fully saturated rings. The summed E-state index contributed by atoms with van der Waals surface area (Å²) in [7, 11) is -0.233. The van der Waals surface area contributed by atoms with Gasteiger partial charge in [-0.3, -0.25) is 4.99 Å². The van der Waals surface area contributed by atoms with Gasteiger partial charge in [-0.25, -0.2) is 13.1 Å². The minimum Gasteiger partial charge on any atom is -0.383 e. The Balaban J connectivity index is 0.00000450. The Morgan fingerprint density at radius 1 is 1.23 bits per heavy atom. The lowest BCUT2D eigenvalue weighted by Gasteiger charge is -2.30. The summed E-state index contributed by atoms with van der Waals surface area (Å²) in [5.41, 5.74) is 0.884. The molecular weight excluding hydrogens is 515 g/mol. The van der Waals surface area contributed by atoms with Crippen molar-refractivity contribution in [1.82, 2.24) is 15.4 Å². The largest absolute Gasteiger partial charge is 0.383 e. The summed E-state index contributed by atoms with van der Waals surface area (Å²) in [6.45, 7) is 3.35. The van der Waals surface area contributed by atoms with Crippen molar-refractivity contribution in [3.05, 3.63) is 29.8 Å². The van der Waals surface area contributed by atoms with E-state index >= 15 is 0 Å². The summed E-state index contributed by atoms with van der Waals surface area (Å²) in [5, 5.41) is 6.82. The molecule has 3 N–H and O–H groups in total. The highest BCUT2D eigenvalue weighted by Gasteiger charge is 2.21. The first kappa shape index (κ1) is 27.1. The van der Waals surface area contributed by atoms with Gasteiger partial charge < -0.3 is 15.4 Å². The average molecular weight is 553 g/mol. The van der Waals surface area contributed by atoms with Gasteiger partial charge in [-0.2, -0.15) is 0 Å². The van der Waals surface area contributed by atoms with E-state index in [4.69, 9.17) is 4.74 Å². The molecule has 1 aliphatic carbocycles. The first-order valence-corrected chi connectivity index (χ1v) is 12.0. The van der Waals surface area contributed by atoms with Crippen LogP contribution in [0.15, 0.2) is 34.2 Å². The lowest BCUT2D eigenvalue weighted by molar-refractivity contribution is 0.204. The Hall–Kier alpha value is -0.910. The third-order valence-corrected chi connectivity index (χ3v) is 6.83. The number of methoxy groups -OCH3 is 1. The second-order valence-electron chi connectivity index (χ2n) is 7.61. The average Bonchev–Trinajstić information content (AvgIpc) is 2.73. The first-order chi connectivity index (χ1) is 14.0. The van der Waals surface area contributed by atoms with E-state index in [0.29, 0.717) is 19.2 Å². The van der Waals surface area contributed by atoms with Gasteiger partial charge in [0.05, 0.1) is 11.5 Å². The predicted molar refractivity (Wildman–Crippen MR) is 133 cm³/mol. The molecule has 0 heterocycles. The van der Waals surface area contributed by atoms with Crippen LogP contribution in [0.1, 0.15) is 51.0 Å². The molecule has 9 heteroatoms. The number of aliphatic imine (C=N–C) groups is 1. The zero-order valence-corrected chi connectivity index (χ0v) is 21.5. The normalized spacial score (nSPS) is 19.8. The number of hydrogen-bond acceptors (Lipinski definition) is 4. The SMILES string of the molecule is CCCC1CCC(NC(=NC)NCc2cccc(S(=O)(=O)NCCOC)c2)CC1.I. The second-order valence-corrected chi connectivity index (χ2v) is 9.38. The number of nitrogens with zero attached hydrogens (tertiary/aromatic N) is 1. The fraction of sp³-hybridized carbons (Fsp3) is 0.667. The van der Waals surface area contributed by atoms with Gasteiger partial charge in [0.15, 0.2) is 5.96 Å². The third kappa shape index (κ3) is 9.07. The second kappa shape index (κ2) is 14.2. The van der Waals surface area contributed by atoms with Gasteiger partial charge in [0, 0.05) is 33.3 Å². The van der Waals surface area contributed by atoms with E-state index in [0.717, 1.165) is 17.4 Å². The van der Waals surface area contributed by atoms with E-state index in [2.05, 4.69) is 27.3 Å². The molecular formula is C21H37IN4O3S. The Kier molecular flexibility index (Phi) is 12.8. The van der Waals surface area contributed by atoms with Gasteiger partial charge in [-0.15, -0.1) is 24.0 Å². The smallest absolute Gasteiger partial charge is 0.240 e. The van der Waals surface area contributed by atoms with Crippen molar-refractivity contribution < 1.29 is 13.2 Å².